The van der Waals surface area contributed by atoms with Gasteiger partial charge < -0.3 is 20.5 Å². The van der Waals surface area contributed by atoms with E-state index in [0.717, 1.165) is 12.8 Å². The van der Waals surface area contributed by atoms with Gasteiger partial charge in [-0.05, 0) is 43.9 Å². The molecule has 1 aromatic carbocycles. The average molecular weight is 440 g/mol. The SMILES string of the molecule is Cl.Cl.O=C(CCn1ccnc1)Nc1cccc(C(=O)NC2CC3CCC(C2)N3)c1. The third kappa shape index (κ3) is 6.19. The summed E-state index contributed by atoms with van der Waals surface area (Å²) < 4.78 is 1.86. The minimum absolute atomic E-state index is 0. The summed E-state index contributed by atoms with van der Waals surface area (Å²) in [5, 5.41) is 9.60. The van der Waals surface area contributed by atoms with Crippen molar-refractivity contribution in [2.75, 3.05) is 5.32 Å². The van der Waals surface area contributed by atoms with Gasteiger partial charge in [0.1, 0.15) is 0 Å². The highest BCUT2D eigenvalue weighted by molar-refractivity contribution is 5.97. The maximum Gasteiger partial charge on any atom is 0.251 e. The van der Waals surface area contributed by atoms with Gasteiger partial charge in [-0.3, -0.25) is 9.59 Å². The van der Waals surface area contributed by atoms with Crippen LogP contribution in [0.2, 0.25) is 0 Å². The molecule has 7 nitrogen and oxygen atoms in total. The molecule has 9 heteroatoms. The quantitative estimate of drug-likeness (QED) is 0.645. The van der Waals surface area contributed by atoms with Crippen LogP contribution in [0, 0.1) is 0 Å². The molecule has 2 aromatic rings. The number of carbonyl (C=O) groups is 2. The van der Waals surface area contributed by atoms with Gasteiger partial charge in [-0.15, -0.1) is 24.8 Å². The van der Waals surface area contributed by atoms with Gasteiger partial charge in [-0.1, -0.05) is 6.07 Å². The Kier molecular flexibility index (Phi) is 8.49. The van der Waals surface area contributed by atoms with E-state index in [1.165, 1.54) is 12.8 Å². The molecular weight excluding hydrogens is 413 g/mol. The van der Waals surface area contributed by atoms with E-state index >= 15 is 0 Å². The number of carbonyl (C=O) groups excluding carboxylic acids is 2. The largest absolute Gasteiger partial charge is 0.349 e. The molecule has 2 amide bonds. The zero-order chi connectivity index (χ0) is 18.6. The lowest BCUT2D eigenvalue weighted by Gasteiger charge is -2.29. The lowest BCUT2D eigenvalue weighted by molar-refractivity contribution is -0.116. The highest BCUT2D eigenvalue weighted by atomic mass is 35.5. The molecule has 1 aromatic heterocycles. The monoisotopic (exact) mass is 439 g/mol. The van der Waals surface area contributed by atoms with Gasteiger partial charge in [-0.2, -0.15) is 0 Å². The Bertz CT molecular complexity index is 803. The number of nitrogens with zero attached hydrogens (tertiary/aromatic N) is 2. The number of aryl methyl sites for hydroxylation is 1. The molecule has 2 atom stereocenters. The summed E-state index contributed by atoms with van der Waals surface area (Å²) in [6, 6.07) is 8.42. The molecule has 29 heavy (non-hydrogen) atoms. The Labute approximate surface area is 182 Å². The van der Waals surface area contributed by atoms with Crippen LogP contribution >= 0.6 is 24.8 Å². The standard InChI is InChI=1S/C20H25N5O2.2ClH/c26-19(6-8-25-9-7-21-13-25)23-15-3-1-2-14(10-15)20(27)24-18-11-16-4-5-17(12-18)22-16;;/h1-3,7,9-10,13,16-18,22H,4-6,8,11-12H2,(H,23,26)(H,24,27);2*1H. The third-order valence-corrected chi connectivity index (χ3v) is 5.37. The Morgan fingerprint density at radius 1 is 1.17 bits per heavy atom. The van der Waals surface area contributed by atoms with Crippen molar-refractivity contribution in [3.8, 4) is 0 Å². The topological polar surface area (TPSA) is 88.0 Å². The fraction of sp³-hybridized carbons (Fsp3) is 0.450. The number of anilines is 1. The van der Waals surface area contributed by atoms with E-state index in [1.54, 1.807) is 36.8 Å². The van der Waals surface area contributed by atoms with E-state index in [1.807, 2.05) is 10.8 Å². The summed E-state index contributed by atoms with van der Waals surface area (Å²) in [6.07, 6.45) is 9.95. The van der Waals surface area contributed by atoms with Crippen molar-refractivity contribution < 1.29 is 9.59 Å². The number of aromatic nitrogens is 2. The average Bonchev–Trinajstić information content (AvgIpc) is 3.30. The van der Waals surface area contributed by atoms with Gasteiger partial charge in [0.15, 0.2) is 0 Å². The van der Waals surface area contributed by atoms with Crippen LogP contribution in [0.4, 0.5) is 5.69 Å². The van der Waals surface area contributed by atoms with Crippen LogP contribution in [0.1, 0.15) is 42.5 Å². The van der Waals surface area contributed by atoms with E-state index in [0.29, 0.717) is 36.3 Å². The number of imidazole rings is 1. The molecule has 0 saturated carbocycles. The van der Waals surface area contributed by atoms with Crippen molar-refractivity contribution in [2.45, 2.75) is 56.8 Å². The summed E-state index contributed by atoms with van der Waals surface area (Å²) in [7, 11) is 0. The lowest BCUT2D eigenvalue weighted by atomic mass is 9.99. The maximum absolute atomic E-state index is 12.6. The molecule has 2 aliphatic heterocycles. The van der Waals surface area contributed by atoms with Crippen LogP contribution < -0.4 is 16.0 Å². The zero-order valence-corrected chi connectivity index (χ0v) is 17.7. The highest BCUT2D eigenvalue weighted by Crippen LogP contribution is 2.27. The summed E-state index contributed by atoms with van der Waals surface area (Å²) >= 11 is 0. The molecule has 158 valence electrons. The van der Waals surface area contributed by atoms with Crippen molar-refractivity contribution in [2.24, 2.45) is 0 Å². The van der Waals surface area contributed by atoms with Crippen LogP contribution in [-0.2, 0) is 11.3 Å². The number of nitrogens with one attached hydrogen (secondary N) is 3. The molecular formula is C20H27Cl2N5O2. The van der Waals surface area contributed by atoms with Crippen molar-refractivity contribution in [1.29, 1.82) is 0 Å². The number of amides is 2. The zero-order valence-electron chi connectivity index (χ0n) is 16.0. The number of fused-ring (bicyclic) bond motifs is 2. The fourth-order valence-corrected chi connectivity index (χ4v) is 4.06. The molecule has 2 bridgehead atoms. The van der Waals surface area contributed by atoms with Crippen molar-refractivity contribution in [3.05, 3.63) is 48.5 Å². The summed E-state index contributed by atoms with van der Waals surface area (Å²) in [5.74, 6) is -0.160. The predicted octanol–water partition coefficient (Wildman–Crippen LogP) is 2.77. The number of piperidine rings is 1. The fourth-order valence-electron chi connectivity index (χ4n) is 4.06. The van der Waals surface area contributed by atoms with E-state index in [2.05, 4.69) is 20.9 Å². The Hall–Kier alpha value is -2.09. The predicted molar refractivity (Wildman–Crippen MR) is 117 cm³/mol. The summed E-state index contributed by atoms with van der Waals surface area (Å²) in [4.78, 5) is 28.7. The number of hydrogen-bond donors (Lipinski definition) is 3. The highest BCUT2D eigenvalue weighted by Gasteiger charge is 2.34. The Morgan fingerprint density at radius 3 is 2.62 bits per heavy atom. The molecule has 0 aliphatic carbocycles. The second kappa shape index (κ2) is 10.6. The second-order valence-corrected chi connectivity index (χ2v) is 7.46. The minimum atomic E-state index is -0.0869. The molecule has 3 heterocycles. The molecule has 3 N–H and O–H groups in total. The van der Waals surface area contributed by atoms with Crippen LogP contribution in [0.3, 0.4) is 0 Å². The van der Waals surface area contributed by atoms with E-state index < -0.39 is 0 Å². The van der Waals surface area contributed by atoms with Crippen LogP contribution in [0.5, 0.6) is 0 Å². The molecule has 2 saturated heterocycles. The number of benzene rings is 1. The first-order chi connectivity index (χ1) is 13.2. The molecule has 4 rings (SSSR count). The first kappa shape index (κ1) is 23.2. The normalized spacial score (nSPS) is 22.1. The first-order valence-electron chi connectivity index (χ1n) is 9.58. The number of halogens is 2. The number of hydrogen-bond acceptors (Lipinski definition) is 4. The van der Waals surface area contributed by atoms with Crippen LogP contribution in [0.15, 0.2) is 43.0 Å². The summed E-state index contributed by atoms with van der Waals surface area (Å²) in [5.41, 5.74) is 1.22. The minimum Gasteiger partial charge on any atom is -0.349 e. The van der Waals surface area contributed by atoms with E-state index in [9.17, 15) is 9.59 Å². The number of rotatable bonds is 6. The van der Waals surface area contributed by atoms with Crippen molar-refractivity contribution in [3.63, 3.8) is 0 Å². The van der Waals surface area contributed by atoms with Gasteiger partial charge in [0.2, 0.25) is 5.91 Å². The molecule has 0 radical (unpaired) electrons. The van der Waals surface area contributed by atoms with Gasteiger partial charge in [0.25, 0.3) is 5.91 Å². The van der Waals surface area contributed by atoms with Gasteiger partial charge in [0.05, 0.1) is 6.33 Å². The molecule has 2 unspecified atom stereocenters. The van der Waals surface area contributed by atoms with E-state index in [4.69, 9.17) is 0 Å². The van der Waals surface area contributed by atoms with Crippen LogP contribution in [-0.4, -0.2) is 39.5 Å². The van der Waals surface area contributed by atoms with Crippen LogP contribution in [0.25, 0.3) is 0 Å². The van der Waals surface area contributed by atoms with Crippen molar-refractivity contribution in [1.82, 2.24) is 20.2 Å². The molecule has 0 spiro atoms. The Balaban J connectivity index is 0.00000150. The molecule has 2 aliphatic rings. The second-order valence-electron chi connectivity index (χ2n) is 7.46. The van der Waals surface area contributed by atoms with Gasteiger partial charge >= 0.3 is 0 Å². The first-order valence-corrected chi connectivity index (χ1v) is 9.58. The Morgan fingerprint density at radius 2 is 1.93 bits per heavy atom. The van der Waals surface area contributed by atoms with Gasteiger partial charge in [0, 0.05) is 54.7 Å². The van der Waals surface area contributed by atoms with Crippen molar-refractivity contribution >= 4 is 42.3 Å². The smallest absolute Gasteiger partial charge is 0.251 e. The lowest BCUT2D eigenvalue weighted by Crippen LogP contribution is -2.48. The molecule has 2 fully saturated rings. The van der Waals surface area contributed by atoms with E-state index in [-0.39, 0.29) is 42.7 Å². The maximum atomic E-state index is 12.6. The summed E-state index contributed by atoms with van der Waals surface area (Å²) in [6.45, 7) is 0.573. The van der Waals surface area contributed by atoms with Gasteiger partial charge in [-0.25, -0.2) is 4.98 Å². The third-order valence-electron chi connectivity index (χ3n) is 5.37.